The molecule has 0 spiro atoms. The van der Waals surface area contributed by atoms with Crippen molar-refractivity contribution >= 4 is 0 Å². The summed E-state index contributed by atoms with van der Waals surface area (Å²) < 4.78 is 11.0. The molecule has 0 aromatic heterocycles. The molecule has 1 aromatic rings. The van der Waals surface area contributed by atoms with Crippen LogP contribution in [0.5, 0.6) is 5.75 Å². The second-order valence-corrected chi connectivity index (χ2v) is 3.98. The highest BCUT2D eigenvalue weighted by Gasteiger charge is 2.09. The van der Waals surface area contributed by atoms with Gasteiger partial charge in [0.15, 0.2) is 0 Å². The Labute approximate surface area is 97.0 Å². The molecular formula is C13H18NO2. The van der Waals surface area contributed by atoms with Gasteiger partial charge in [0.1, 0.15) is 12.4 Å². The lowest BCUT2D eigenvalue weighted by Gasteiger charge is -2.26. The number of para-hydroxylation sites is 1. The Morgan fingerprint density at radius 1 is 1.44 bits per heavy atom. The number of benzene rings is 1. The molecule has 0 unspecified atom stereocenters. The molecule has 0 atom stereocenters. The van der Waals surface area contributed by atoms with E-state index >= 15 is 0 Å². The third-order valence-corrected chi connectivity index (χ3v) is 2.77. The SMILES string of the molecule is Cc1ccc[c]c1OCCN1CCOCC1. The fourth-order valence-electron chi connectivity index (χ4n) is 1.76. The molecule has 1 fully saturated rings. The first-order valence-electron chi connectivity index (χ1n) is 5.76. The van der Waals surface area contributed by atoms with Crippen LogP contribution in [0.2, 0.25) is 0 Å². The minimum Gasteiger partial charge on any atom is -0.491 e. The fourth-order valence-corrected chi connectivity index (χ4v) is 1.76. The van der Waals surface area contributed by atoms with E-state index in [1.165, 1.54) is 0 Å². The predicted molar refractivity (Wildman–Crippen MR) is 62.8 cm³/mol. The number of ether oxygens (including phenoxy) is 2. The summed E-state index contributed by atoms with van der Waals surface area (Å²) in [6.07, 6.45) is 0. The van der Waals surface area contributed by atoms with Crippen molar-refractivity contribution in [2.45, 2.75) is 6.92 Å². The summed E-state index contributed by atoms with van der Waals surface area (Å²) in [5, 5.41) is 0. The van der Waals surface area contributed by atoms with Crippen LogP contribution in [-0.4, -0.2) is 44.4 Å². The molecule has 87 valence electrons. The largest absolute Gasteiger partial charge is 0.491 e. The molecule has 1 radical (unpaired) electrons. The van der Waals surface area contributed by atoms with Gasteiger partial charge in [-0.05, 0) is 12.5 Å². The molecule has 0 N–H and O–H groups in total. The minimum atomic E-state index is 0.724. The number of morpholine rings is 1. The Kier molecular flexibility index (Phi) is 4.19. The summed E-state index contributed by atoms with van der Waals surface area (Å²) in [6, 6.07) is 9.01. The summed E-state index contributed by atoms with van der Waals surface area (Å²) >= 11 is 0. The van der Waals surface area contributed by atoms with Gasteiger partial charge in [-0.25, -0.2) is 0 Å². The fraction of sp³-hybridized carbons (Fsp3) is 0.538. The second-order valence-electron chi connectivity index (χ2n) is 3.98. The molecule has 0 saturated carbocycles. The summed E-state index contributed by atoms with van der Waals surface area (Å²) in [6.45, 7) is 7.45. The Balaban J connectivity index is 1.73. The number of rotatable bonds is 4. The zero-order valence-electron chi connectivity index (χ0n) is 9.74. The summed E-state index contributed by atoms with van der Waals surface area (Å²) in [7, 11) is 0. The molecule has 1 aliphatic rings. The molecule has 3 heteroatoms. The van der Waals surface area contributed by atoms with Gasteiger partial charge in [-0.2, -0.15) is 0 Å². The second kappa shape index (κ2) is 5.87. The number of hydrogen-bond acceptors (Lipinski definition) is 3. The van der Waals surface area contributed by atoms with E-state index in [-0.39, 0.29) is 0 Å². The van der Waals surface area contributed by atoms with Gasteiger partial charge in [0.2, 0.25) is 0 Å². The molecule has 1 heterocycles. The van der Waals surface area contributed by atoms with Crippen LogP contribution >= 0.6 is 0 Å². The monoisotopic (exact) mass is 220 g/mol. The predicted octanol–water partition coefficient (Wildman–Crippen LogP) is 1.51. The Morgan fingerprint density at radius 2 is 2.25 bits per heavy atom. The van der Waals surface area contributed by atoms with E-state index in [1.54, 1.807) is 0 Å². The highest BCUT2D eigenvalue weighted by molar-refractivity contribution is 5.30. The van der Waals surface area contributed by atoms with Gasteiger partial charge in [0, 0.05) is 25.7 Å². The van der Waals surface area contributed by atoms with E-state index in [0.717, 1.165) is 50.8 Å². The molecule has 2 rings (SSSR count). The lowest BCUT2D eigenvalue weighted by molar-refractivity contribution is 0.0322. The van der Waals surface area contributed by atoms with Crippen molar-refractivity contribution in [2.24, 2.45) is 0 Å². The molecule has 1 saturated heterocycles. The van der Waals surface area contributed by atoms with Crippen LogP contribution < -0.4 is 4.74 Å². The van der Waals surface area contributed by atoms with Gasteiger partial charge in [0.25, 0.3) is 0 Å². The average molecular weight is 220 g/mol. The quantitative estimate of drug-likeness (QED) is 0.767. The van der Waals surface area contributed by atoms with Gasteiger partial charge in [-0.15, -0.1) is 0 Å². The van der Waals surface area contributed by atoms with Crippen molar-refractivity contribution < 1.29 is 9.47 Å². The van der Waals surface area contributed by atoms with Crippen LogP contribution in [0.25, 0.3) is 0 Å². The van der Waals surface area contributed by atoms with Gasteiger partial charge in [0.05, 0.1) is 13.2 Å². The average Bonchev–Trinajstić information content (AvgIpc) is 2.33. The minimum absolute atomic E-state index is 0.724. The maximum absolute atomic E-state index is 5.70. The Hall–Kier alpha value is -1.06. The first-order valence-corrected chi connectivity index (χ1v) is 5.76. The van der Waals surface area contributed by atoms with Crippen molar-refractivity contribution in [1.82, 2.24) is 4.90 Å². The molecule has 16 heavy (non-hydrogen) atoms. The maximum Gasteiger partial charge on any atom is 0.130 e. The van der Waals surface area contributed by atoms with Gasteiger partial charge in [-0.3, -0.25) is 4.90 Å². The molecule has 0 amide bonds. The standard InChI is InChI=1S/C13H18NO2/c1-12-4-2-3-5-13(12)16-11-8-14-6-9-15-10-7-14/h2-4H,6-11H2,1H3. The van der Waals surface area contributed by atoms with Crippen LogP contribution in [0.4, 0.5) is 0 Å². The van der Waals surface area contributed by atoms with Crippen molar-refractivity contribution in [3.05, 3.63) is 29.8 Å². The normalized spacial score (nSPS) is 17.3. The highest BCUT2D eigenvalue weighted by Crippen LogP contribution is 2.15. The van der Waals surface area contributed by atoms with Gasteiger partial charge in [-0.1, -0.05) is 18.2 Å². The van der Waals surface area contributed by atoms with Crippen molar-refractivity contribution in [1.29, 1.82) is 0 Å². The summed E-state index contributed by atoms with van der Waals surface area (Å²) in [5.74, 6) is 0.871. The van der Waals surface area contributed by atoms with Crippen LogP contribution in [0, 0.1) is 13.0 Å². The lowest BCUT2D eigenvalue weighted by Crippen LogP contribution is -2.38. The van der Waals surface area contributed by atoms with E-state index < -0.39 is 0 Å². The Morgan fingerprint density at radius 3 is 3.00 bits per heavy atom. The van der Waals surface area contributed by atoms with Crippen LogP contribution in [0.15, 0.2) is 18.2 Å². The highest BCUT2D eigenvalue weighted by atomic mass is 16.5. The third-order valence-electron chi connectivity index (χ3n) is 2.77. The zero-order valence-corrected chi connectivity index (χ0v) is 9.74. The molecule has 3 nitrogen and oxygen atoms in total. The summed E-state index contributed by atoms with van der Waals surface area (Å²) in [4.78, 5) is 2.36. The third kappa shape index (κ3) is 3.22. The molecule has 1 aromatic carbocycles. The van der Waals surface area contributed by atoms with Crippen LogP contribution in [-0.2, 0) is 4.74 Å². The number of aryl methyl sites for hydroxylation is 1. The van der Waals surface area contributed by atoms with E-state index in [9.17, 15) is 0 Å². The lowest BCUT2D eigenvalue weighted by atomic mass is 10.2. The first kappa shape index (κ1) is 11.4. The first-order chi connectivity index (χ1) is 7.86. The van der Waals surface area contributed by atoms with Gasteiger partial charge < -0.3 is 9.47 Å². The maximum atomic E-state index is 5.70. The number of nitrogens with zero attached hydrogens (tertiary/aromatic N) is 1. The number of hydrogen-bond donors (Lipinski definition) is 0. The van der Waals surface area contributed by atoms with E-state index in [0.29, 0.717) is 0 Å². The van der Waals surface area contributed by atoms with Crippen molar-refractivity contribution in [3.63, 3.8) is 0 Å². The Bertz CT molecular complexity index is 321. The molecule has 1 aliphatic heterocycles. The smallest absolute Gasteiger partial charge is 0.130 e. The molecule has 0 aliphatic carbocycles. The van der Waals surface area contributed by atoms with Crippen LogP contribution in [0.1, 0.15) is 5.56 Å². The van der Waals surface area contributed by atoms with Crippen molar-refractivity contribution in [2.75, 3.05) is 39.5 Å². The zero-order chi connectivity index (χ0) is 11.2. The van der Waals surface area contributed by atoms with Crippen molar-refractivity contribution in [3.8, 4) is 5.75 Å². The topological polar surface area (TPSA) is 21.7 Å². The van der Waals surface area contributed by atoms with Gasteiger partial charge >= 0.3 is 0 Å². The van der Waals surface area contributed by atoms with E-state index in [4.69, 9.17) is 9.47 Å². The summed E-state index contributed by atoms with van der Waals surface area (Å²) in [5.41, 5.74) is 1.14. The van der Waals surface area contributed by atoms with E-state index in [1.807, 2.05) is 25.1 Å². The molecule has 0 bridgehead atoms. The molecular weight excluding hydrogens is 202 g/mol. The van der Waals surface area contributed by atoms with E-state index in [2.05, 4.69) is 11.0 Å². The van der Waals surface area contributed by atoms with Crippen LogP contribution in [0.3, 0.4) is 0 Å².